The molecule has 86 valence electrons. The molecule has 0 unspecified atom stereocenters. The number of anilines is 1. The van der Waals surface area contributed by atoms with Gasteiger partial charge in [-0.15, -0.1) is 0 Å². The van der Waals surface area contributed by atoms with Gasteiger partial charge in [-0.2, -0.15) is 5.10 Å². The van der Waals surface area contributed by atoms with E-state index in [2.05, 4.69) is 17.3 Å². The van der Waals surface area contributed by atoms with Gasteiger partial charge in [0.25, 0.3) is 0 Å². The fraction of sp³-hybridized carbons (Fsp3) is 0.727. The fourth-order valence-corrected chi connectivity index (χ4v) is 1.42. The van der Waals surface area contributed by atoms with Crippen LogP contribution in [0, 0.1) is 0 Å². The van der Waals surface area contributed by atoms with Crippen molar-refractivity contribution in [2.24, 2.45) is 7.05 Å². The number of rotatable bonds is 6. The molecule has 0 amide bonds. The number of nitrogens with zero attached hydrogens (tertiary/aromatic N) is 2. The molecule has 1 rings (SSSR count). The number of nitrogens with one attached hydrogen (secondary N) is 1. The molecule has 4 heteroatoms. The minimum Gasteiger partial charge on any atom is -0.380 e. The van der Waals surface area contributed by atoms with E-state index in [-0.39, 0.29) is 0 Å². The minimum absolute atomic E-state index is 0.298. The minimum atomic E-state index is 0.298. The molecule has 1 heterocycles. The summed E-state index contributed by atoms with van der Waals surface area (Å²) in [5, 5.41) is 7.69. The van der Waals surface area contributed by atoms with Gasteiger partial charge < -0.3 is 10.1 Å². The van der Waals surface area contributed by atoms with Crippen molar-refractivity contribution < 1.29 is 4.74 Å². The van der Waals surface area contributed by atoms with E-state index in [1.54, 1.807) is 0 Å². The maximum atomic E-state index is 5.45. The highest BCUT2D eigenvalue weighted by Crippen LogP contribution is 2.12. The van der Waals surface area contributed by atoms with Crippen LogP contribution in [0.25, 0.3) is 0 Å². The molecule has 0 saturated heterocycles. The quantitative estimate of drug-likeness (QED) is 0.729. The van der Waals surface area contributed by atoms with Crippen LogP contribution in [0.4, 0.5) is 5.69 Å². The molecule has 0 aliphatic rings. The number of hydrogen-bond donors (Lipinski definition) is 1. The van der Waals surface area contributed by atoms with Gasteiger partial charge in [0.2, 0.25) is 0 Å². The second-order valence-electron chi connectivity index (χ2n) is 3.86. The Hall–Kier alpha value is -1.03. The molecule has 1 aromatic heterocycles. The zero-order valence-electron chi connectivity index (χ0n) is 10.1. The van der Waals surface area contributed by atoms with Gasteiger partial charge in [0.1, 0.15) is 0 Å². The molecule has 15 heavy (non-hydrogen) atoms. The van der Waals surface area contributed by atoms with Crippen LogP contribution >= 0.6 is 0 Å². The predicted octanol–water partition coefficient (Wildman–Crippen LogP) is 1.82. The molecule has 1 N–H and O–H groups in total. The monoisotopic (exact) mass is 211 g/mol. The van der Waals surface area contributed by atoms with Crippen LogP contribution in [0.1, 0.15) is 26.5 Å². The predicted molar refractivity (Wildman–Crippen MR) is 62.2 cm³/mol. The molecule has 0 aromatic carbocycles. The molecular weight excluding hydrogens is 190 g/mol. The first-order chi connectivity index (χ1) is 7.13. The van der Waals surface area contributed by atoms with Crippen LogP contribution in [-0.4, -0.2) is 29.0 Å². The topological polar surface area (TPSA) is 39.1 Å². The largest absolute Gasteiger partial charge is 0.380 e. The van der Waals surface area contributed by atoms with Crippen molar-refractivity contribution in [2.45, 2.75) is 33.3 Å². The highest BCUT2D eigenvalue weighted by molar-refractivity contribution is 5.46. The third-order valence-electron chi connectivity index (χ3n) is 2.11. The molecule has 1 aromatic rings. The summed E-state index contributed by atoms with van der Waals surface area (Å²) in [6.45, 7) is 7.76. The van der Waals surface area contributed by atoms with Crippen LogP contribution < -0.4 is 5.32 Å². The summed E-state index contributed by atoms with van der Waals surface area (Å²) in [6, 6.07) is 0. The molecule has 0 bridgehead atoms. The lowest BCUT2D eigenvalue weighted by atomic mass is 10.3. The standard InChI is InChI=1S/C11H21N3O/c1-5-10-11(8-14(4)13-10)12-6-7-15-9(2)3/h8-9,12H,5-7H2,1-4H3. The second-order valence-corrected chi connectivity index (χ2v) is 3.86. The van der Waals surface area contributed by atoms with Gasteiger partial charge in [0.15, 0.2) is 0 Å². The average Bonchev–Trinajstić information content (AvgIpc) is 2.53. The van der Waals surface area contributed by atoms with E-state index in [4.69, 9.17) is 4.74 Å². The normalized spacial score (nSPS) is 11.0. The Morgan fingerprint density at radius 1 is 1.53 bits per heavy atom. The zero-order valence-corrected chi connectivity index (χ0v) is 10.1. The molecule has 0 saturated carbocycles. The Balaban J connectivity index is 2.36. The van der Waals surface area contributed by atoms with Gasteiger partial charge in [-0.1, -0.05) is 6.92 Å². The molecule has 0 aliphatic carbocycles. The van der Waals surface area contributed by atoms with Gasteiger partial charge in [-0.05, 0) is 20.3 Å². The first-order valence-corrected chi connectivity index (χ1v) is 5.51. The van der Waals surface area contributed by atoms with Crippen molar-refractivity contribution in [3.63, 3.8) is 0 Å². The Morgan fingerprint density at radius 3 is 2.87 bits per heavy atom. The highest BCUT2D eigenvalue weighted by atomic mass is 16.5. The van der Waals surface area contributed by atoms with Crippen molar-refractivity contribution in [2.75, 3.05) is 18.5 Å². The van der Waals surface area contributed by atoms with Crippen LogP contribution in [-0.2, 0) is 18.2 Å². The Morgan fingerprint density at radius 2 is 2.27 bits per heavy atom. The Kier molecular flexibility index (Phi) is 4.62. The van der Waals surface area contributed by atoms with Crippen molar-refractivity contribution in [1.29, 1.82) is 0 Å². The van der Waals surface area contributed by atoms with Gasteiger partial charge in [0, 0.05) is 19.8 Å². The lowest BCUT2D eigenvalue weighted by molar-refractivity contribution is 0.0870. The fourth-order valence-electron chi connectivity index (χ4n) is 1.42. The maximum Gasteiger partial charge on any atom is 0.0853 e. The van der Waals surface area contributed by atoms with E-state index in [9.17, 15) is 0 Å². The summed E-state index contributed by atoms with van der Waals surface area (Å²) in [4.78, 5) is 0. The summed E-state index contributed by atoms with van der Waals surface area (Å²) >= 11 is 0. The second kappa shape index (κ2) is 5.75. The van der Waals surface area contributed by atoms with E-state index in [1.165, 1.54) is 0 Å². The van der Waals surface area contributed by atoms with E-state index < -0.39 is 0 Å². The molecule has 0 aliphatic heterocycles. The summed E-state index contributed by atoms with van der Waals surface area (Å²) < 4.78 is 7.29. The summed E-state index contributed by atoms with van der Waals surface area (Å²) in [5.41, 5.74) is 2.23. The molecule has 4 nitrogen and oxygen atoms in total. The molecule has 0 fully saturated rings. The molecule has 0 radical (unpaired) electrons. The summed E-state index contributed by atoms with van der Waals surface area (Å²) in [6.07, 6.45) is 3.26. The third-order valence-corrected chi connectivity index (χ3v) is 2.11. The lowest BCUT2D eigenvalue weighted by Gasteiger charge is -2.08. The van der Waals surface area contributed by atoms with Gasteiger partial charge >= 0.3 is 0 Å². The first-order valence-electron chi connectivity index (χ1n) is 5.51. The van der Waals surface area contributed by atoms with Crippen LogP contribution in [0.3, 0.4) is 0 Å². The smallest absolute Gasteiger partial charge is 0.0853 e. The molecular formula is C11H21N3O. The van der Waals surface area contributed by atoms with E-state index in [1.807, 2.05) is 31.8 Å². The lowest BCUT2D eigenvalue weighted by Crippen LogP contribution is -2.13. The van der Waals surface area contributed by atoms with E-state index in [0.29, 0.717) is 6.10 Å². The average molecular weight is 211 g/mol. The van der Waals surface area contributed by atoms with E-state index >= 15 is 0 Å². The maximum absolute atomic E-state index is 5.45. The van der Waals surface area contributed by atoms with Crippen LogP contribution in [0.2, 0.25) is 0 Å². The van der Waals surface area contributed by atoms with Crippen molar-refractivity contribution in [3.05, 3.63) is 11.9 Å². The molecule has 0 spiro atoms. The molecule has 0 atom stereocenters. The Bertz CT molecular complexity index is 294. The first kappa shape index (κ1) is 12.0. The number of aryl methyl sites for hydroxylation is 2. The number of ether oxygens (including phenoxy) is 1. The number of hydrogen-bond acceptors (Lipinski definition) is 3. The van der Waals surface area contributed by atoms with E-state index in [0.717, 1.165) is 31.0 Å². The van der Waals surface area contributed by atoms with Crippen LogP contribution in [0.5, 0.6) is 0 Å². The summed E-state index contributed by atoms with van der Waals surface area (Å²) in [7, 11) is 1.94. The zero-order chi connectivity index (χ0) is 11.3. The summed E-state index contributed by atoms with van der Waals surface area (Å²) in [5.74, 6) is 0. The van der Waals surface area contributed by atoms with Gasteiger partial charge in [-0.25, -0.2) is 0 Å². The third kappa shape index (κ3) is 3.91. The van der Waals surface area contributed by atoms with Gasteiger partial charge in [-0.3, -0.25) is 4.68 Å². The highest BCUT2D eigenvalue weighted by Gasteiger charge is 2.04. The Labute approximate surface area is 91.6 Å². The van der Waals surface area contributed by atoms with Crippen molar-refractivity contribution >= 4 is 5.69 Å². The van der Waals surface area contributed by atoms with Crippen LogP contribution in [0.15, 0.2) is 6.20 Å². The number of aromatic nitrogens is 2. The van der Waals surface area contributed by atoms with Crippen molar-refractivity contribution in [3.8, 4) is 0 Å². The van der Waals surface area contributed by atoms with Gasteiger partial charge in [0.05, 0.1) is 24.1 Å². The SMILES string of the molecule is CCc1nn(C)cc1NCCOC(C)C. The van der Waals surface area contributed by atoms with Crippen molar-refractivity contribution in [1.82, 2.24) is 9.78 Å².